The smallest absolute Gasteiger partial charge is 0.0998 e. The second kappa shape index (κ2) is 4.56. The number of hydrogen-bond acceptors (Lipinski definition) is 3. The highest BCUT2D eigenvalue weighted by molar-refractivity contribution is 9.10. The van der Waals surface area contributed by atoms with E-state index in [2.05, 4.69) is 32.4 Å². The van der Waals surface area contributed by atoms with E-state index in [-0.39, 0.29) is 0 Å². The van der Waals surface area contributed by atoms with Gasteiger partial charge in [-0.3, -0.25) is 4.68 Å². The summed E-state index contributed by atoms with van der Waals surface area (Å²) >= 11 is 3.38. The van der Waals surface area contributed by atoms with Crippen LogP contribution in [0.3, 0.4) is 0 Å². The summed E-state index contributed by atoms with van der Waals surface area (Å²) in [4.78, 5) is 0. The Labute approximate surface area is 113 Å². The Morgan fingerprint density at radius 3 is 2.94 bits per heavy atom. The molecule has 0 aliphatic carbocycles. The van der Waals surface area contributed by atoms with Gasteiger partial charge < -0.3 is 5.32 Å². The molecule has 1 N–H and O–H groups in total. The van der Waals surface area contributed by atoms with Crippen LogP contribution in [0.2, 0.25) is 0 Å². The second-order valence-electron chi connectivity index (χ2n) is 4.32. The van der Waals surface area contributed by atoms with Crippen molar-refractivity contribution in [3.63, 3.8) is 0 Å². The third-order valence-electron chi connectivity index (χ3n) is 3.15. The standard InChI is InChI=1S/C13H11BrN4/c14-11-1-2-13(9(3-11)4-15)10-5-17-18(8-10)12-6-16-7-12/h1-3,5,8,12,16H,6-7H2. The third-order valence-corrected chi connectivity index (χ3v) is 3.64. The molecule has 1 aliphatic rings. The maximum Gasteiger partial charge on any atom is 0.0998 e. The molecule has 18 heavy (non-hydrogen) atoms. The minimum Gasteiger partial charge on any atom is -0.312 e. The van der Waals surface area contributed by atoms with Crippen LogP contribution in [0.1, 0.15) is 11.6 Å². The van der Waals surface area contributed by atoms with Gasteiger partial charge in [0, 0.05) is 34.9 Å². The van der Waals surface area contributed by atoms with E-state index < -0.39 is 0 Å². The van der Waals surface area contributed by atoms with Crippen LogP contribution in [0.15, 0.2) is 35.1 Å². The average Bonchev–Trinajstić information content (AvgIpc) is 2.75. The lowest BCUT2D eigenvalue weighted by molar-refractivity contribution is 0.318. The highest BCUT2D eigenvalue weighted by Crippen LogP contribution is 2.26. The van der Waals surface area contributed by atoms with Crippen molar-refractivity contribution in [2.75, 3.05) is 13.1 Å². The summed E-state index contributed by atoms with van der Waals surface area (Å²) in [6.07, 6.45) is 3.83. The molecule has 1 aliphatic heterocycles. The fraction of sp³-hybridized carbons (Fsp3) is 0.231. The van der Waals surface area contributed by atoms with Crippen LogP contribution < -0.4 is 5.32 Å². The fourth-order valence-electron chi connectivity index (χ4n) is 2.00. The van der Waals surface area contributed by atoms with Crippen molar-refractivity contribution in [2.24, 2.45) is 0 Å². The monoisotopic (exact) mass is 302 g/mol. The Hall–Kier alpha value is -1.64. The van der Waals surface area contributed by atoms with Gasteiger partial charge in [0.05, 0.1) is 23.9 Å². The number of nitrogens with one attached hydrogen (secondary N) is 1. The molecule has 0 unspecified atom stereocenters. The molecule has 0 bridgehead atoms. The van der Waals surface area contributed by atoms with Gasteiger partial charge in [-0.05, 0) is 12.1 Å². The molecule has 3 rings (SSSR count). The van der Waals surface area contributed by atoms with Gasteiger partial charge in [-0.25, -0.2) is 0 Å². The summed E-state index contributed by atoms with van der Waals surface area (Å²) in [5.41, 5.74) is 2.58. The van der Waals surface area contributed by atoms with Crippen LogP contribution in [0, 0.1) is 11.3 Å². The van der Waals surface area contributed by atoms with Crippen molar-refractivity contribution in [3.8, 4) is 17.2 Å². The van der Waals surface area contributed by atoms with Gasteiger partial charge in [-0.1, -0.05) is 22.0 Å². The maximum atomic E-state index is 9.17. The van der Waals surface area contributed by atoms with Gasteiger partial charge >= 0.3 is 0 Å². The zero-order valence-corrected chi connectivity index (χ0v) is 11.2. The van der Waals surface area contributed by atoms with Gasteiger partial charge in [0.1, 0.15) is 0 Å². The van der Waals surface area contributed by atoms with Gasteiger partial charge in [0.15, 0.2) is 0 Å². The van der Waals surface area contributed by atoms with Crippen LogP contribution in [-0.4, -0.2) is 22.9 Å². The van der Waals surface area contributed by atoms with E-state index in [1.165, 1.54) is 0 Å². The minimum absolute atomic E-state index is 0.444. The van der Waals surface area contributed by atoms with Gasteiger partial charge in [-0.2, -0.15) is 10.4 Å². The summed E-state index contributed by atoms with van der Waals surface area (Å²) in [7, 11) is 0. The molecule has 1 fully saturated rings. The normalized spacial score (nSPS) is 15.1. The van der Waals surface area contributed by atoms with Crippen molar-refractivity contribution in [3.05, 3.63) is 40.6 Å². The van der Waals surface area contributed by atoms with Crippen molar-refractivity contribution < 1.29 is 0 Å². The number of hydrogen-bond donors (Lipinski definition) is 1. The molecule has 90 valence electrons. The van der Waals surface area contributed by atoms with Gasteiger partial charge in [0.2, 0.25) is 0 Å². The summed E-state index contributed by atoms with van der Waals surface area (Å²) < 4.78 is 2.88. The molecule has 1 aromatic heterocycles. The van der Waals surface area contributed by atoms with E-state index in [1.807, 2.05) is 35.3 Å². The number of halogens is 1. The van der Waals surface area contributed by atoms with Gasteiger partial charge in [-0.15, -0.1) is 0 Å². The number of nitrogens with zero attached hydrogens (tertiary/aromatic N) is 3. The average molecular weight is 303 g/mol. The summed E-state index contributed by atoms with van der Waals surface area (Å²) in [5, 5.41) is 16.8. The lowest BCUT2D eigenvalue weighted by atomic mass is 10.0. The molecule has 0 atom stereocenters. The Kier molecular flexibility index (Phi) is 2.90. The Balaban J connectivity index is 1.99. The van der Waals surface area contributed by atoms with Crippen LogP contribution >= 0.6 is 15.9 Å². The Morgan fingerprint density at radius 2 is 2.28 bits per heavy atom. The molecule has 2 heterocycles. The molecule has 0 radical (unpaired) electrons. The highest BCUT2D eigenvalue weighted by atomic mass is 79.9. The highest BCUT2D eigenvalue weighted by Gasteiger charge is 2.19. The lowest BCUT2D eigenvalue weighted by Crippen LogP contribution is -2.43. The summed E-state index contributed by atoms with van der Waals surface area (Å²) in [6.45, 7) is 1.93. The summed E-state index contributed by atoms with van der Waals surface area (Å²) in [6, 6.07) is 8.39. The molecular formula is C13H11BrN4. The minimum atomic E-state index is 0.444. The van der Waals surface area contributed by atoms with Gasteiger partial charge in [0.25, 0.3) is 0 Å². The first-order chi connectivity index (χ1) is 8.78. The van der Waals surface area contributed by atoms with Crippen LogP contribution in [0.25, 0.3) is 11.1 Å². The molecule has 0 spiro atoms. The van der Waals surface area contributed by atoms with E-state index in [0.29, 0.717) is 11.6 Å². The Bertz CT molecular complexity index is 622. The molecule has 1 aromatic carbocycles. The fourth-order valence-corrected chi connectivity index (χ4v) is 2.36. The zero-order chi connectivity index (χ0) is 12.5. The van der Waals surface area contributed by atoms with Crippen LogP contribution in [0.4, 0.5) is 0 Å². The quantitative estimate of drug-likeness (QED) is 0.926. The predicted molar refractivity (Wildman–Crippen MR) is 72.0 cm³/mol. The zero-order valence-electron chi connectivity index (χ0n) is 9.60. The molecule has 1 saturated heterocycles. The first kappa shape index (κ1) is 11.5. The topological polar surface area (TPSA) is 53.6 Å². The van der Waals surface area contributed by atoms with E-state index in [1.54, 1.807) is 0 Å². The first-order valence-corrected chi connectivity index (χ1v) is 6.52. The molecule has 4 nitrogen and oxygen atoms in total. The largest absolute Gasteiger partial charge is 0.312 e. The third kappa shape index (κ3) is 1.94. The Morgan fingerprint density at radius 1 is 1.44 bits per heavy atom. The maximum absolute atomic E-state index is 9.17. The van der Waals surface area contributed by atoms with Crippen molar-refractivity contribution >= 4 is 15.9 Å². The molecular weight excluding hydrogens is 292 g/mol. The van der Waals surface area contributed by atoms with Crippen molar-refractivity contribution in [1.82, 2.24) is 15.1 Å². The van der Waals surface area contributed by atoms with Crippen molar-refractivity contribution in [2.45, 2.75) is 6.04 Å². The van der Waals surface area contributed by atoms with E-state index >= 15 is 0 Å². The van der Waals surface area contributed by atoms with Crippen LogP contribution in [0.5, 0.6) is 0 Å². The first-order valence-electron chi connectivity index (χ1n) is 5.73. The molecule has 0 saturated carbocycles. The molecule has 2 aromatic rings. The van der Waals surface area contributed by atoms with E-state index in [0.717, 1.165) is 28.7 Å². The molecule has 5 heteroatoms. The van der Waals surface area contributed by atoms with E-state index in [4.69, 9.17) is 5.26 Å². The number of rotatable bonds is 2. The predicted octanol–water partition coefficient (Wildman–Crippen LogP) is 2.33. The number of benzene rings is 1. The number of aromatic nitrogens is 2. The SMILES string of the molecule is N#Cc1cc(Br)ccc1-c1cnn(C2CNC2)c1. The lowest BCUT2D eigenvalue weighted by Gasteiger charge is -2.27. The van der Waals surface area contributed by atoms with Crippen LogP contribution in [-0.2, 0) is 0 Å². The second-order valence-corrected chi connectivity index (χ2v) is 5.24. The van der Waals surface area contributed by atoms with Crippen molar-refractivity contribution in [1.29, 1.82) is 5.26 Å². The molecule has 0 amide bonds. The number of nitriles is 1. The summed E-state index contributed by atoms with van der Waals surface area (Å²) in [5.74, 6) is 0. The van der Waals surface area contributed by atoms with E-state index in [9.17, 15) is 0 Å².